The van der Waals surface area contributed by atoms with E-state index in [0.29, 0.717) is 17.7 Å². The number of nitrogens with one attached hydrogen (secondary N) is 2. The molecule has 3 N–H and O–H groups in total. The predicted molar refractivity (Wildman–Crippen MR) is 146 cm³/mol. The average molecular weight is 534 g/mol. The molecule has 0 spiro atoms. The number of phenols is 1. The fraction of sp³-hybridized carbons (Fsp3) is 0.679. The summed E-state index contributed by atoms with van der Waals surface area (Å²) in [5.74, 6) is 0.377. The molecule has 37 heavy (non-hydrogen) atoms. The third kappa shape index (κ3) is 8.55. The Labute approximate surface area is 225 Å². The van der Waals surface area contributed by atoms with Gasteiger partial charge in [-0.2, -0.15) is 11.8 Å². The van der Waals surface area contributed by atoms with Gasteiger partial charge in [-0.05, 0) is 82.1 Å². The van der Waals surface area contributed by atoms with Crippen LogP contribution < -0.4 is 10.6 Å². The summed E-state index contributed by atoms with van der Waals surface area (Å²) in [5.41, 5.74) is -0.145. The quantitative estimate of drug-likeness (QED) is 0.400. The molecule has 0 aliphatic heterocycles. The van der Waals surface area contributed by atoms with Gasteiger partial charge in [0.05, 0.1) is 0 Å². The Morgan fingerprint density at radius 1 is 1.19 bits per heavy atom. The monoisotopic (exact) mass is 533 g/mol. The van der Waals surface area contributed by atoms with E-state index in [4.69, 9.17) is 4.74 Å². The normalized spacial score (nSPS) is 21.4. The first-order valence-electron chi connectivity index (χ1n) is 13.4. The molecular formula is C28H43N3O5S. The van der Waals surface area contributed by atoms with Crippen LogP contribution >= 0.6 is 11.8 Å². The summed E-state index contributed by atoms with van der Waals surface area (Å²) in [6, 6.07) is 4.76. The second-order valence-electron chi connectivity index (χ2n) is 11.3. The number of carbonyl (C=O) groups is 3. The van der Waals surface area contributed by atoms with Crippen molar-refractivity contribution < 1.29 is 24.2 Å². The van der Waals surface area contributed by atoms with Crippen LogP contribution in [0.1, 0.15) is 84.2 Å². The summed E-state index contributed by atoms with van der Waals surface area (Å²) in [6.45, 7) is 7.38. The molecule has 206 valence electrons. The van der Waals surface area contributed by atoms with Gasteiger partial charge in [0.15, 0.2) is 0 Å². The highest BCUT2D eigenvalue weighted by Gasteiger charge is 2.48. The zero-order valence-electron chi connectivity index (χ0n) is 22.8. The van der Waals surface area contributed by atoms with Gasteiger partial charge in [-0.15, -0.1) is 0 Å². The summed E-state index contributed by atoms with van der Waals surface area (Å²) < 4.78 is 5.44. The van der Waals surface area contributed by atoms with Crippen molar-refractivity contribution in [1.82, 2.24) is 15.5 Å². The third-order valence-electron chi connectivity index (χ3n) is 6.94. The molecular weight excluding hydrogens is 490 g/mol. The minimum Gasteiger partial charge on any atom is -0.508 e. The smallest absolute Gasteiger partial charge is 0.408 e. The standard InChI is InChI=1S/C28H43N3O5S/c1-18-16-23(18)31(26(34)22(14-15-37-5)30-27(35)36-28(2,3)4)24(19-10-9-13-21(32)17-19)25(33)29-20-11-7-6-8-12-20/h9-10,13,17-18,20,22-24,32H,6-8,11-12,14-16H2,1-5H3,(H,29,33)(H,30,35). The van der Waals surface area contributed by atoms with Gasteiger partial charge >= 0.3 is 6.09 Å². The van der Waals surface area contributed by atoms with E-state index in [-0.39, 0.29) is 35.6 Å². The van der Waals surface area contributed by atoms with Crippen molar-refractivity contribution in [3.8, 4) is 5.75 Å². The Bertz CT molecular complexity index is 944. The van der Waals surface area contributed by atoms with Crippen LogP contribution in [0.3, 0.4) is 0 Å². The number of alkyl carbamates (subject to hydrolysis) is 1. The largest absolute Gasteiger partial charge is 0.508 e. The fourth-order valence-electron chi connectivity index (χ4n) is 4.96. The molecule has 0 radical (unpaired) electrons. The highest BCUT2D eigenvalue weighted by Crippen LogP contribution is 2.41. The summed E-state index contributed by atoms with van der Waals surface area (Å²) in [4.78, 5) is 42.3. The Kier molecular flexibility index (Phi) is 10.2. The molecule has 0 saturated heterocycles. The van der Waals surface area contributed by atoms with Crippen LogP contribution in [0.5, 0.6) is 5.75 Å². The van der Waals surface area contributed by atoms with E-state index >= 15 is 0 Å². The first-order chi connectivity index (χ1) is 17.5. The number of benzene rings is 1. The van der Waals surface area contributed by atoms with E-state index in [2.05, 4.69) is 17.6 Å². The van der Waals surface area contributed by atoms with Crippen molar-refractivity contribution in [1.29, 1.82) is 0 Å². The SMILES string of the molecule is CSCCC(NC(=O)OC(C)(C)C)C(=O)N(C(C(=O)NC1CCCCC1)c1cccc(O)c1)C1CC1C. The maximum atomic E-state index is 14.2. The molecule has 1 aromatic carbocycles. The van der Waals surface area contributed by atoms with E-state index < -0.39 is 23.8 Å². The van der Waals surface area contributed by atoms with Crippen molar-refractivity contribution in [2.45, 2.75) is 102 Å². The van der Waals surface area contributed by atoms with Crippen molar-refractivity contribution in [2.75, 3.05) is 12.0 Å². The van der Waals surface area contributed by atoms with Crippen LogP contribution in [-0.4, -0.2) is 63.6 Å². The summed E-state index contributed by atoms with van der Waals surface area (Å²) >= 11 is 1.59. The number of thioether (sulfide) groups is 1. The number of carbonyl (C=O) groups excluding carboxylic acids is 3. The molecule has 2 aliphatic rings. The molecule has 0 aromatic heterocycles. The van der Waals surface area contributed by atoms with Crippen molar-refractivity contribution >= 4 is 29.7 Å². The van der Waals surface area contributed by atoms with E-state index in [1.54, 1.807) is 61.7 Å². The van der Waals surface area contributed by atoms with Gasteiger partial charge in [0, 0.05) is 12.1 Å². The molecule has 2 fully saturated rings. The Hall–Kier alpha value is -2.42. The van der Waals surface area contributed by atoms with Gasteiger partial charge in [0.1, 0.15) is 23.4 Å². The number of ether oxygens (including phenoxy) is 1. The molecule has 0 heterocycles. The van der Waals surface area contributed by atoms with Gasteiger partial charge in [0.25, 0.3) is 0 Å². The van der Waals surface area contributed by atoms with E-state index in [1.807, 2.05) is 6.26 Å². The maximum absolute atomic E-state index is 14.2. The maximum Gasteiger partial charge on any atom is 0.408 e. The first-order valence-corrected chi connectivity index (χ1v) is 14.8. The molecule has 3 amide bonds. The lowest BCUT2D eigenvalue weighted by Crippen LogP contribution is -2.55. The average Bonchev–Trinajstić information content (AvgIpc) is 3.54. The number of phenolic OH excluding ortho intramolecular Hbond substituents is 1. The summed E-state index contributed by atoms with van der Waals surface area (Å²) in [5, 5.41) is 16.2. The van der Waals surface area contributed by atoms with Crippen LogP contribution in [0.2, 0.25) is 0 Å². The first kappa shape index (κ1) is 29.1. The van der Waals surface area contributed by atoms with Crippen LogP contribution in [0.15, 0.2) is 24.3 Å². The zero-order chi connectivity index (χ0) is 27.2. The predicted octanol–water partition coefficient (Wildman–Crippen LogP) is 4.77. The van der Waals surface area contributed by atoms with E-state index in [9.17, 15) is 19.5 Å². The zero-order valence-corrected chi connectivity index (χ0v) is 23.6. The molecule has 9 heteroatoms. The second kappa shape index (κ2) is 12.9. The molecule has 4 unspecified atom stereocenters. The molecule has 2 aliphatic carbocycles. The molecule has 8 nitrogen and oxygen atoms in total. The second-order valence-corrected chi connectivity index (χ2v) is 12.3. The van der Waals surface area contributed by atoms with Crippen molar-refractivity contribution in [3.63, 3.8) is 0 Å². The van der Waals surface area contributed by atoms with Gasteiger partial charge in [-0.1, -0.05) is 38.3 Å². The Morgan fingerprint density at radius 2 is 1.86 bits per heavy atom. The molecule has 3 rings (SSSR count). The van der Waals surface area contributed by atoms with Crippen LogP contribution in [0, 0.1) is 5.92 Å². The summed E-state index contributed by atoms with van der Waals surface area (Å²) in [6.07, 6.45) is 7.62. The lowest BCUT2D eigenvalue weighted by molar-refractivity contribution is -0.143. The Balaban J connectivity index is 1.94. The highest BCUT2D eigenvalue weighted by atomic mass is 32.2. The van der Waals surface area contributed by atoms with Crippen LogP contribution in [0.4, 0.5) is 4.79 Å². The molecule has 2 saturated carbocycles. The number of rotatable bonds is 10. The third-order valence-corrected chi connectivity index (χ3v) is 7.59. The molecule has 1 aromatic rings. The summed E-state index contributed by atoms with van der Waals surface area (Å²) in [7, 11) is 0. The van der Waals surface area contributed by atoms with Crippen molar-refractivity contribution in [3.05, 3.63) is 29.8 Å². The van der Waals surface area contributed by atoms with Crippen molar-refractivity contribution in [2.24, 2.45) is 5.92 Å². The van der Waals surface area contributed by atoms with Gasteiger partial charge in [0.2, 0.25) is 11.8 Å². The molecule has 4 atom stereocenters. The fourth-order valence-corrected chi connectivity index (χ4v) is 5.43. The number of amides is 3. The van der Waals surface area contributed by atoms with Crippen LogP contribution in [0.25, 0.3) is 0 Å². The Morgan fingerprint density at radius 3 is 2.43 bits per heavy atom. The number of nitrogens with zero attached hydrogens (tertiary/aromatic N) is 1. The van der Waals surface area contributed by atoms with Gasteiger partial charge in [-0.3, -0.25) is 9.59 Å². The lowest BCUT2D eigenvalue weighted by Gasteiger charge is -2.36. The highest BCUT2D eigenvalue weighted by molar-refractivity contribution is 7.98. The van der Waals surface area contributed by atoms with E-state index in [1.165, 1.54) is 6.42 Å². The molecule has 0 bridgehead atoms. The lowest BCUT2D eigenvalue weighted by atomic mass is 9.94. The van der Waals surface area contributed by atoms with Gasteiger partial charge in [-0.25, -0.2) is 4.79 Å². The van der Waals surface area contributed by atoms with Gasteiger partial charge < -0.3 is 25.4 Å². The number of aromatic hydroxyl groups is 1. The van der Waals surface area contributed by atoms with E-state index in [0.717, 1.165) is 32.1 Å². The number of hydrogen-bond acceptors (Lipinski definition) is 6. The minimum absolute atomic E-state index is 0.0371. The topological polar surface area (TPSA) is 108 Å². The van der Waals surface area contributed by atoms with Crippen LogP contribution in [-0.2, 0) is 14.3 Å². The minimum atomic E-state index is -0.909. The number of hydrogen-bond donors (Lipinski definition) is 3.